The van der Waals surface area contributed by atoms with E-state index >= 15 is 0 Å². The topological polar surface area (TPSA) is 93.0 Å². The molecule has 2 aliphatic rings. The monoisotopic (exact) mass is 694 g/mol. The van der Waals surface area contributed by atoms with Gasteiger partial charge in [0, 0.05) is 5.69 Å². The fraction of sp³-hybridized carbons (Fsp3) is 0.525. The molecule has 4 aromatic rings. The summed E-state index contributed by atoms with van der Waals surface area (Å²) in [6, 6.07) is 18.2. The van der Waals surface area contributed by atoms with Crippen molar-refractivity contribution < 1.29 is 14.0 Å². The molecule has 0 unspecified atom stereocenters. The Balaban J connectivity index is 1.19. The highest BCUT2D eigenvalue weighted by atomic mass is 28.2. The van der Waals surface area contributed by atoms with Gasteiger partial charge >= 0.3 is 6.03 Å². The van der Waals surface area contributed by atoms with Gasteiger partial charge in [0.1, 0.15) is 11.9 Å². The summed E-state index contributed by atoms with van der Waals surface area (Å²) in [6.07, 6.45) is 5.58. The van der Waals surface area contributed by atoms with Gasteiger partial charge < -0.3 is 19.8 Å². The number of fused-ring (bicyclic) bond motifs is 2. The predicted molar refractivity (Wildman–Crippen MR) is 201 cm³/mol. The number of hydrogen-bond donors (Lipinski definition) is 2. The summed E-state index contributed by atoms with van der Waals surface area (Å²) in [5.41, 5.74) is 5.14. The second-order valence-corrected chi connectivity index (χ2v) is 18.8. The molecule has 2 amide bonds. The first-order valence-corrected chi connectivity index (χ1v) is 18.8. The molecule has 2 radical (unpaired) electrons. The minimum absolute atomic E-state index is 0.0691. The van der Waals surface area contributed by atoms with E-state index in [4.69, 9.17) is 9.16 Å². The Morgan fingerprint density at radius 3 is 2.34 bits per heavy atom. The maximum Gasteiger partial charge on any atom is 0.319 e. The molecule has 1 fully saturated rings. The molecule has 50 heavy (non-hydrogen) atoms. The number of anilines is 1. The van der Waals surface area contributed by atoms with Gasteiger partial charge in [0.15, 0.2) is 11.5 Å². The molecular weight excluding hydrogens is 641 g/mol. The van der Waals surface area contributed by atoms with Gasteiger partial charge in [0.05, 0.1) is 23.4 Å². The molecule has 2 aromatic heterocycles. The molecular formula is C40H54N6O3Si. The summed E-state index contributed by atoms with van der Waals surface area (Å²) in [5.74, 6) is 1.72. The zero-order chi connectivity index (χ0) is 36.1. The van der Waals surface area contributed by atoms with Crippen molar-refractivity contribution >= 4 is 27.1 Å². The molecule has 0 bridgehead atoms. The highest BCUT2D eigenvalue weighted by Gasteiger charge is 2.40. The normalized spacial score (nSPS) is 21.6. The van der Waals surface area contributed by atoms with Gasteiger partial charge in [-0.25, -0.2) is 4.79 Å². The largest absolute Gasteiger partial charge is 0.484 e. The van der Waals surface area contributed by atoms with Crippen molar-refractivity contribution in [3.63, 3.8) is 0 Å². The van der Waals surface area contributed by atoms with Crippen LogP contribution in [0.4, 0.5) is 10.5 Å². The average Bonchev–Trinajstić information content (AvgIpc) is 3.63. The molecule has 1 saturated heterocycles. The lowest BCUT2D eigenvalue weighted by Crippen LogP contribution is -2.37. The van der Waals surface area contributed by atoms with Crippen molar-refractivity contribution in [2.75, 3.05) is 18.9 Å². The Kier molecular flexibility index (Phi) is 9.69. The number of nitrogens with zero attached hydrogens (tertiary/aromatic N) is 4. The number of pyridine rings is 1. The van der Waals surface area contributed by atoms with Crippen LogP contribution < -0.4 is 15.4 Å². The maximum atomic E-state index is 13.6. The summed E-state index contributed by atoms with van der Waals surface area (Å²) in [5, 5.41) is 15.6. The third kappa shape index (κ3) is 7.62. The van der Waals surface area contributed by atoms with Crippen molar-refractivity contribution in [3.8, 4) is 5.75 Å². The summed E-state index contributed by atoms with van der Waals surface area (Å²) in [4.78, 5) is 16.0. The second-order valence-electron chi connectivity index (χ2n) is 16.9. The maximum absolute atomic E-state index is 13.6. The Hall–Kier alpha value is -3.73. The number of likely N-dealkylation sites (tertiary alicyclic amines) is 1. The molecule has 10 heteroatoms. The van der Waals surface area contributed by atoms with E-state index in [1.165, 1.54) is 0 Å². The number of nitrogens with one attached hydrogen (secondary N) is 2. The van der Waals surface area contributed by atoms with E-state index in [1.807, 2.05) is 36.5 Å². The van der Waals surface area contributed by atoms with E-state index in [2.05, 4.69) is 124 Å². The number of amides is 2. The zero-order valence-corrected chi connectivity index (χ0v) is 32.5. The number of carbonyl (C=O) groups is 1. The lowest BCUT2D eigenvalue weighted by molar-refractivity contribution is 0.109. The average molecular weight is 695 g/mol. The summed E-state index contributed by atoms with van der Waals surface area (Å²) >= 11 is 0. The molecule has 0 spiro atoms. The highest BCUT2D eigenvalue weighted by molar-refractivity contribution is 6.31. The van der Waals surface area contributed by atoms with Crippen LogP contribution in [0.15, 0.2) is 60.8 Å². The van der Waals surface area contributed by atoms with Gasteiger partial charge in [0.2, 0.25) is 9.76 Å². The van der Waals surface area contributed by atoms with E-state index < -0.39 is 5.60 Å². The van der Waals surface area contributed by atoms with Crippen LogP contribution >= 0.6 is 0 Å². The molecule has 1 aliphatic heterocycles. The predicted octanol–water partition coefficient (Wildman–Crippen LogP) is 8.83. The van der Waals surface area contributed by atoms with Gasteiger partial charge in [-0.05, 0) is 117 Å². The SMILES string of the molecule is CN1CCC[C@@]1(C)c1nnc2ccc(O[C@@H]3CC[C@H](NC(=O)Nc4cc(C(C)(C)C)cc(C(C)(C)O[Si]C(C)(C)C)c4)c4ccccc43)cn12. The van der Waals surface area contributed by atoms with Crippen LogP contribution in [0.1, 0.15) is 128 Å². The standard InChI is InChI=1S/C40H54N6O3Si/c1-37(2,3)26-22-27(39(7,8)49-50-38(4,5)6)24-28(23-26)41-36(47)42-32-17-18-33(31-15-12-11-14-30(31)32)48-29-16-19-34-43-44-35(46(34)25-29)40(9)20-13-21-45(40)10/h11-12,14-16,19,22-25,32-33H,13,17-18,20-21H2,1-10H3,(H2,41,42,47)/t32-,33+,40-/m0/s1. The first-order chi connectivity index (χ1) is 23.4. The summed E-state index contributed by atoms with van der Waals surface area (Å²) in [7, 11) is 2.50. The third-order valence-corrected chi connectivity index (χ3v) is 11.5. The van der Waals surface area contributed by atoms with Gasteiger partial charge in [-0.15, -0.1) is 10.2 Å². The van der Waals surface area contributed by atoms with Crippen LogP contribution in [0.25, 0.3) is 5.65 Å². The number of aromatic nitrogens is 3. The van der Waals surface area contributed by atoms with Crippen molar-refractivity contribution in [2.45, 2.75) is 122 Å². The lowest BCUT2D eigenvalue weighted by Gasteiger charge is -2.33. The van der Waals surface area contributed by atoms with E-state index in [0.29, 0.717) is 9.76 Å². The Labute approximate surface area is 300 Å². The summed E-state index contributed by atoms with van der Waals surface area (Å²) < 4.78 is 15.2. The zero-order valence-electron chi connectivity index (χ0n) is 31.5. The van der Waals surface area contributed by atoms with Crippen molar-refractivity contribution in [1.82, 2.24) is 24.8 Å². The minimum atomic E-state index is -0.511. The Bertz CT molecular complexity index is 1860. The minimum Gasteiger partial charge on any atom is -0.484 e. The number of carbonyl (C=O) groups excluding carboxylic acids is 1. The van der Waals surface area contributed by atoms with Gasteiger partial charge in [0.25, 0.3) is 0 Å². The third-order valence-electron chi connectivity index (χ3n) is 10.2. The van der Waals surface area contributed by atoms with E-state index in [1.54, 1.807) is 0 Å². The van der Waals surface area contributed by atoms with Crippen LogP contribution in [-0.2, 0) is 21.0 Å². The molecule has 3 atom stereocenters. The molecule has 6 rings (SSSR count). The smallest absolute Gasteiger partial charge is 0.319 e. The molecule has 2 N–H and O–H groups in total. The number of rotatable bonds is 8. The van der Waals surface area contributed by atoms with Crippen LogP contribution in [0.5, 0.6) is 5.75 Å². The van der Waals surface area contributed by atoms with E-state index in [0.717, 1.165) is 77.4 Å². The number of ether oxygens (including phenoxy) is 1. The van der Waals surface area contributed by atoms with Crippen molar-refractivity contribution in [3.05, 3.63) is 88.9 Å². The van der Waals surface area contributed by atoms with Crippen LogP contribution in [0.2, 0.25) is 5.04 Å². The van der Waals surface area contributed by atoms with E-state index in [-0.39, 0.29) is 34.2 Å². The quantitative estimate of drug-likeness (QED) is 0.179. The number of hydrogen-bond acceptors (Lipinski definition) is 6. The molecule has 2 aromatic carbocycles. The molecule has 266 valence electrons. The van der Waals surface area contributed by atoms with Crippen LogP contribution in [0.3, 0.4) is 0 Å². The first kappa shape index (κ1) is 36.1. The highest BCUT2D eigenvalue weighted by Crippen LogP contribution is 2.41. The molecule has 9 nitrogen and oxygen atoms in total. The molecule has 3 heterocycles. The van der Waals surface area contributed by atoms with Gasteiger partial charge in [-0.3, -0.25) is 9.30 Å². The van der Waals surface area contributed by atoms with Crippen LogP contribution in [0, 0.1) is 0 Å². The fourth-order valence-electron chi connectivity index (χ4n) is 7.02. The van der Waals surface area contributed by atoms with Gasteiger partial charge in [-0.1, -0.05) is 71.9 Å². The van der Waals surface area contributed by atoms with Crippen molar-refractivity contribution in [1.29, 1.82) is 0 Å². The Morgan fingerprint density at radius 1 is 0.940 bits per heavy atom. The molecule has 0 saturated carbocycles. The second kappa shape index (κ2) is 13.4. The number of urea groups is 1. The van der Waals surface area contributed by atoms with Gasteiger partial charge in [-0.2, -0.15) is 0 Å². The van der Waals surface area contributed by atoms with Crippen molar-refractivity contribution in [2.24, 2.45) is 0 Å². The molecule has 1 aliphatic carbocycles. The number of benzene rings is 2. The fourth-order valence-corrected chi connectivity index (χ4v) is 7.70. The first-order valence-electron chi connectivity index (χ1n) is 17.9. The Morgan fingerprint density at radius 2 is 1.66 bits per heavy atom. The summed E-state index contributed by atoms with van der Waals surface area (Å²) in [6.45, 7) is 20.6. The van der Waals surface area contributed by atoms with E-state index in [9.17, 15) is 4.79 Å². The lowest BCUT2D eigenvalue weighted by atomic mass is 9.83. The van der Waals surface area contributed by atoms with Crippen LogP contribution in [-0.4, -0.2) is 48.9 Å².